The highest BCUT2D eigenvalue weighted by molar-refractivity contribution is 5.79. The molecule has 0 aliphatic heterocycles. The number of hydrogen-bond donors (Lipinski definition) is 1. The van der Waals surface area contributed by atoms with Gasteiger partial charge in [-0.2, -0.15) is 0 Å². The zero-order valence-electron chi connectivity index (χ0n) is 13.7. The topological polar surface area (TPSA) is 88.9 Å². The standard InChI is InChI=1S/C17H20N2O5/c1-12(20)18-8-3-9-19(2)16(21)11-23-14-6-4-13-5-7-17(22)24-15(13)10-14/h4-7,10H,3,8-9,11H2,1-2H3,(H,18,20). The van der Waals surface area contributed by atoms with Crippen LogP contribution in [0.25, 0.3) is 11.0 Å². The van der Waals surface area contributed by atoms with E-state index in [0.717, 1.165) is 5.39 Å². The van der Waals surface area contributed by atoms with Crippen molar-refractivity contribution in [3.63, 3.8) is 0 Å². The summed E-state index contributed by atoms with van der Waals surface area (Å²) in [5.74, 6) is 0.194. The van der Waals surface area contributed by atoms with Crippen molar-refractivity contribution in [3.8, 4) is 5.75 Å². The van der Waals surface area contributed by atoms with E-state index in [1.165, 1.54) is 13.0 Å². The van der Waals surface area contributed by atoms with Gasteiger partial charge in [-0.15, -0.1) is 0 Å². The van der Waals surface area contributed by atoms with E-state index in [2.05, 4.69) is 5.32 Å². The Bertz CT molecular complexity index is 784. The van der Waals surface area contributed by atoms with Crippen LogP contribution >= 0.6 is 0 Å². The Kier molecular flexibility index (Phi) is 5.95. The Balaban J connectivity index is 1.84. The number of nitrogens with zero attached hydrogens (tertiary/aromatic N) is 1. The number of nitrogens with one attached hydrogen (secondary N) is 1. The lowest BCUT2D eigenvalue weighted by molar-refractivity contribution is -0.132. The van der Waals surface area contributed by atoms with Crippen LogP contribution in [0.2, 0.25) is 0 Å². The fourth-order valence-corrected chi connectivity index (χ4v) is 2.09. The molecule has 0 saturated carbocycles. The molecule has 2 amide bonds. The van der Waals surface area contributed by atoms with Gasteiger partial charge in [0.1, 0.15) is 11.3 Å². The molecule has 1 aromatic carbocycles. The van der Waals surface area contributed by atoms with Crippen molar-refractivity contribution < 1.29 is 18.7 Å². The molecule has 0 aliphatic rings. The van der Waals surface area contributed by atoms with E-state index < -0.39 is 5.63 Å². The molecule has 0 fully saturated rings. The number of hydrogen-bond acceptors (Lipinski definition) is 5. The molecule has 0 spiro atoms. The van der Waals surface area contributed by atoms with E-state index in [0.29, 0.717) is 30.8 Å². The second-order valence-corrected chi connectivity index (χ2v) is 5.39. The van der Waals surface area contributed by atoms with Crippen molar-refractivity contribution in [2.45, 2.75) is 13.3 Å². The number of amides is 2. The maximum Gasteiger partial charge on any atom is 0.336 e. The number of benzene rings is 1. The molecule has 7 nitrogen and oxygen atoms in total. The van der Waals surface area contributed by atoms with E-state index in [1.54, 1.807) is 36.2 Å². The second kappa shape index (κ2) is 8.14. The van der Waals surface area contributed by atoms with Gasteiger partial charge in [0.25, 0.3) is 5.91 Å². The lowest BCUT2D eigenvalue weighted by Gasteiger charge is -2.17. The van der Waals surface area contributed by atoms with E-state index in [-0.39, 0.29) is 18.4 Å². The molecule has 1 heterocycles. The predicted octanol–water partition coefficient (Wildman–Crippen LogP) is 1.16. The summed E-state index contributed by atoms with van der Waals surface area (Å²) in [5, 5.41) is 3.46. The lowest BCUT2D eigenvalue weighted by atomic mass is 10.2. The molecule has 2 aromatic rings. The van der Waals surface area contributed by atoms with Gasteiger partial charge in [0.2, 0.25) is 5.91 Å². The molecule has 2 rings (SSSR count). The molecule has 24 heavy (non-hydrogen) atoms. The van der Waals surface area contributed by atoms with Gasteiger partial charge in [-0.3, -0.25) is 9.59 Å². The van der Waals surface area contributed by atoms with Crippen LogP contribution in [0.5, 0.6) is 5.75 Å². The number of likely N-dealkylation sites (N-methyl/N-ethyl adjacent to an activating group) is 1. The molecule has 7 heteroatoms. The normalized spacial score (nSPS) is 10.4. The largest absolute Gasteiger partial charge is 0.484 e. The Morgan fingerprint density at radius 2 is 2.00 bits per heavy atom. The van der Waals surface area contributed by atoms with E-state index >= 15 is 0 Å². The highest BCUT2D eigenvalue weighted by Gasteiger charge is 2.10. The first-order valence-electron chi connectivity index (χ1n) is 7.61. The Morgan fingerprint density at radius 3 is 2.75 bits per heavy atom. The maximum absolute atomic E-state index is 12.0. The summed E-state index contributed by atoms with van der Waals surface area (Å²) in [6, 6.07) is 8.07. The van der Waals surface area contributed by atoms with Crippen molar-refractivity contribution in [3.05, 3.63) is 40.8 Å². The lowest BCUT2D eigenvalue weighted by Crippen LogP contribution is -2.34. The van der Waals surface area contributed by atoms with Gasteiger partial charge in [-0.1, -0.05) is 0 Å². The average molecular weight is 332 g/mol. The molecule has 0 saturated heterocycles. The molecule has 1 aromatic heterocycles. The fraction of sp³-hybridized carbons (Fsp3) is 0.353. The zero-order valence-corrected chi connectivity index (χ0v) is 13.7. The summed E-state index contributed by atoms with van der Waals surface area (Å²) in [6.07, 6.45) is 0.670. The summed E-state index contributed by atoms with van der Waals surface area (Å²) in [6.45, 7) is 2.39. The third-order valence-corrected chi connectivity index (χ3v) is 3.43. The van der Waals surface area contributed by atoms with Gasteiger partial charge in [0, 0.05) is 44.6 Å². The van der Waals surface area contributed by atoms with Crippen molar-refractivity contribution >= 4 is 22.8 Å². The third kappa shape index (κ3) is 5.12. The van der Waals surface area contributed by atoms with Crippen LogP contribution in [0, 0.1) is 0 Å². The molecule has 0 unspecified atom stereocenters. The minimum atomic E-state index is -0.436. The number of carbonyl (C=O) groups is 2. The fourth-order valence-electron chi connectivity index (χ4n) is 2.09. The molecule has 0 atom stereocenters. The smallest absolute Gasteiger partial charge is 0.336 e. The summed E-state index contributed by atoms with van der Waals surface area (Å²) in [7, 11) is 1.68. The van der Waals surface area contributed by atoms with Crippen molar-refractivity contribution in [1.29, 1.82) is 0 Å². The monoisotopic (exact) mass is 332 g/mol. The van der Waals surface area contributed by atoms with Crippen molar-refractivity contribution in [2.24, 2.45) is 0 Å². The second-order valence-electron chi connectivity index (χ2n) is 5.39. The van der Waals surface area contributed by atoms with Crippen LogP contribution in [0.1, 0.15) is 13.3 Å². The van der Waals surface area contributed by atoms with Crippen molar-refractivity contribution in [2.75, 3.05) is 26.7 Å². The van der Waals surface area contributed by atoms with E-state index in [1.807, 2.05) is 0 Å². The van der Waals surface area contributed by atoms with Gasteiger partial charge in [-0.25, -0.2) is 4.79 Å². The number of ether oxygens (including phenoxy) is 1. The first-order valence-corrected chi connectivity index (χ1v) is 7.61. The van der Waals surface area contributed by atoms with Crippen LogP contribution in [0.15, 0.2) is 39.5 Å². The van der Waals surface area contributed by atoms with Gasteiger partial charge in [-0.05, 0) is 24.6 Å². The predicted molar refractivity (Wildman–Crippen MR) is 88.9 cm³/mol. The van der Waals surface area contributed by atoms with Crippen LogP contribution in [0.3, 0.4) is 0 Å². The Morgan fingerprint density at radius 1 is 1.25 bits per heavy atom. The molecule has 128 valence electrons. The number of fused-ring (bicyclic) bond motifs is 1. The summed E-state index contributed by atoms with van der Waals surface area (Å²) >= 11 is 0. The van der Waals surface area contributed by atoms with Gasteiger partial charge in [0.15, 0.2) is 6.61 Å². The highest BCUT2D eigenvalue weighted by Crippen LogP contribution is 2.19. The summed E-state index contributed by atoms with van der Waals surface area (Å²) in [4.78, 5) is 35.5. The first kappa shape index (κ1) is 17.5. The third-order valence-electron chi connectivity index (χ3n) is 3.43. The first-order chi connectivity index (χ1) is 11.5. The highest BCUT2D eigenvalue weighted by atomic mass is 16.5. The van der Waals surface area contributed by atoms with Crippen LogP contribution in [-0.4, -0.2) is 43.5 Å². The molecule has 0 aliphatic carbocycles. The molecular weight excluding hydrogens is 312 g/mol. The Hall–Kier alpha value is -2.83. The van der Waals surface area contributed by atoms with Crippen LogP contribution < -0.4 is 15.7 Å². The van der Waals surface area contributed by atoms with Gasteiger partial charge in [0.05, 0.1) is 0 Å². The maximum atomic E-state index is 12.0. The molecule has 0 radical (unpaired) electrons. The Labute approximate surface area is 139 Å². The van der Waals surface area contributed by atoms with Crippen molar-refractivity contribution in [1.82, 2.24) is 10.2 Å². The minimum Gasteiger partial charge on any atom is -0.484 e. The zero-order chi connectivity index (χ0) is 17.5. The molecular formula is C17H20N2O5. The summed E-state index contributed by atoms with van der Waals surface area (Å²) in [5.41, 5.74) is -0.0225. The van der Waals surface area contributed by atoms with Crippen LogP contribution in [0.4, 0.5) is 0 Å². The van der Waals surface area contributed by atoms with Gasteiger partial charge < -0.3 is 19.4 Å². The molecule has 0 bridgehead atoms. The quantitative estimate of drug-likeness (QED) is 0.607. The van der Waals surface area contributed by atoms with Gasteiger partial charge >= 0.3 is 5.63 Å². The number of rotatable bonds is 7. The van der Waals surface area contributed by atoms with Crippen LogP contribution in [-0.2, 0) is 9.59 Å². The summed E-state index contributed by atoms with van der Waals surface area (Å²) < 4.78 is 10.5. The number of carbonyl (C=O) groups excluding carboxylic acids is 2. The minimum absolute atomic E-state index is 0.0877. The SMILES string of the molecule is CC(=O)NCCCN(C)C(=O)COc1ccc2ccc(=O)oc2c1. The average Bonchev–Trinajstić information content (AvgIpc) is 2.55. The molecule has 1 N–H and O–H groups in total. The van der Waals surface area contributed by atoms with E-state index in [9.17, 15) is 14.4 Å². The van der Waals surface area contributed by atoms with E-state index in [4.69, 9.17) is 9.15 Å².